The Morgan fingerprint density at radius 3 is 0.729 bits per heavy atom. The Hall–Kier alpha value is -1.05. The van der Waals surface area contributed by atoms with Gasteiger partial charge >= 0.3 is 5.97 Å². The molecule has 48 heavy (non-hydrogen) atoms. The molecule has 0 N–H and O–H groups in total. The fraction of sp³-hybridized carbons (Fsp3) is 0.970. The monoisotopic (exact) mass is 702 g/mol. The largest absolute Gasteiger partial charge is 0.466 e. The van der Waals surface area contributed by atoms with Gasteiger partial charge in [0.1, 0.15) is 0 Å². The van der Waals surface area contributed by atoms with Crippen LogP contribution in [0.1, 0.15) is 33.1 Å². The van der Waals surface area contributed by atoms with E-state index in [-0.39, 0.29) is 12.4 Å². The summed E-state index contributed by atoms with van der Waals surface area (Å²) in [5.74, 6) is -0.251. The highest BCUT2D eigenvalue weighted by Gasteiger charge is 2.01. The first-order valence-electron chi connectivity index (χ1n) is 17.5. The predicted octanol–water partition coefficient (Wildman–Crippen LogP) is 1.96. The fourth-order valence-electron chi connectivity index (χ4n) is 3.38. The lowest BCUT2D eigenvalue weighted by atomic mass is 10.4. The zero-order valence-electron chi connectivity index (χ0n) is 29.8. The lowest BCUT2D eigenvalue weighted by Gasteiger charge is -2.09. The second kappa shape index (κ2) is 44.0. The molecule has 0 rings (SSSR count). The van der Waals surface area contributed by atoms with E-state index in [4.69, 9.17) is 66.3 Å². The van der Waals surface area contributed by atoms with Crippen LogP contribution in [0.25, 0.3) is 0 Å². The summed E-state index contributed by atoms with van der Waals surface area (Å²) in [5, 5.41) is 0. The van der Waals surface area contributed by atoms with Crippen molar-refractivity contribution in [1.29, 1.82) is 0 Å². The third kappa shape index (κ3) is 43.0. The lowest BCUT2D eigenvalue weighted by Crippen LogP contribution is -2.15. The van der Waals surface area contributed by atoms with E-state index in [2.05, 4.69) is 6.92 Å². The maximum Gasteiger partial charge on any atom is 0.308 e. The SMILES string of the molecule is CCCCOCCOCCOCCOCCOCCOCCOCCOCCOCCOCCOCCOCCOCCC(=O)OCC. The van der Waals surface area contributed by atoms with Gasteiger partial charge in [-0.25, -0.2) is 0 Å². The summed E-state index contributed by atoms with van der Waals surface area (Å²) in [6.07, 6.45) is 2.49. The Kier molecular flexibility index (Phi) is 43.0. The van der Waals surface area contributed by atoms with E-state index < -0.39 is 0 Å². The number of hydrogen-bond donors (Lipinski definition) is 0. The van der Waals surface area contributed by atoms with E-state index in [9.17, 15) is 4.79 Å². The molecule has 0 heterocycles. The predicted molar refractivity (Wildman–Crippen MR) is 177 cm³/mol. The molecule has 0 aromatic rings. The van der Waals surface area contributed by atoms with Crippen LogP contribution in [0.15, 0.2) is 0 Å². The molecule has 15 heteroatoms. The third-order valence-electron chi connectivity index (χ3n) is 5.86. The Bertz CT molecular complexity index is 603. The molecule has 0 saturated heterocycles. The number of unbranched alkanes of at least 4 members (excludes halogenated alkanes) is 1. The molecule has 0 aliphatic heterocycles. The van der Waals surface area contributed by atoms with Crippen LogP contribution in [-0.4, -0.2) is 184 Å². The summed E-state index contributed by atoms with van der Waals surface area (Å²) < 4.78 is 75.6. The molecular formula is C33H66O15. The molecule has 0 aliphatic rings. The van der Waals surface area contributed by atoms with Crippen molar-refractivity contribution in [2.75, 3.05) is 178 Å². The summed E-state index contributed by atoms with van der Waals surface area (Å²) in [4.78, 5) is 11.2. The number of rotatable bonds is 43. The standard InChI is InChI=1S/C33H66O15/c1-3-5-7-35-9-11-37-13-15-39-17-19-41-21-23-43-25-27-45-29-31-47-32-30-46-28-26-44-24-22-42-20-18-40-16-14-38-12-10-36-8-6-33(34)48-4-2/h3-32H2,1-2H3. The highest BCUT2D eigenvalue weighted by Crippen LogP contribution is 1.91. The van der Waals surface area contributed by atoms with Crippen molar-refractivity contribution in [2.24, 2.45) is 0 Å². The van der Waals surface area contributed by atoms with Gasteiger partial charge in [0, 0.05) is 6.61 Å². The average molecular weight is 703 g/mol. The van der Waals surface area contributed by atoms with Gasteiger partial charge in [-0.2, -0.15) is 0 Å². The first kappa shape index (κ1) is 47.0. The molecule has 0 aromatic heterocycles. The van der Waals surface area contributed by atoms with Crippen LogP contribution >= 0.6 is 0 Å². The molecular weight excluding hydrogens is 636 g/mol. The number of carbonyl (C=O) groups is 1. The molecule has 0 amide bonds. The topological polar surface area (TPSA) is 146 Å². The molecule has 0 atom stereocenters. The van der Waals surface area contributed by atoms with E-state index in [0.717, 1.165) is 19.4 Å². The molecule has 0 aliphatic carbocycles. The highest BCUT2D eigenvalue weighted by molar-refractivity contribution is 5.69. The molecule has 0 aromatic carbocycles. The van der Waals surface area contributed by atoms with E-state index >= 15 is 0 Å². The number of hydrogen-bond acceptors (Lipinski definition) is 15. The van der Waals surface area contributed by atoms with Gasteiger partial charge in [-0.15, -0.1) is 0 Å². The van der Waals surface area contributed by atoms with Crippen LogP contribution in [0, 0.1) is 0 Å². The van der Waals surface area contributed by atoms with Gasteiger partial charge in [0.15, 0.2) is 0 Å². The van der Waals surface area contributed by atoms with Gasteiger partial charge < -0.3 is 66.3 Å². The average Bonchev–Trinajstić information content (AvgIpc) is 3.09. The van der Waals surface area contributed by atoms with Crippen molar-refractivity contribution in [3.8, 4) is 0 Å². The lowest BCUT2D eigenvalue weighted by molar-refractivity contribution is -0.144. The summed E-state index contributed by atoms with van der Waals surface area (Å²) in [7, 11) is 0. The van der Waals surface area contributed by atoms with Crippen molar-refractivity contribution in [1.82, 2.24) is 0 Å². The van der Waals surface area contributed by atoms with Crippen LogP contribution in [0.2, 0.25) is 0 Å². The summed E-state index contributed by atoms with van der Waals surface area (Å²) >= 11 is 0. The molecule has 0 fully saturated rings. The van der Waals surface area contributed by atoms with Gasteiger partial charge in [0.2, 0.25) is 0 Å². The highest BCUT2D eigenvalue weighted by atomic mass is 16.6. The Morgan fingerprint density at radius 2 is 0.521 bits per heavy atom. The first-order chi connectivity index (χ1) is 23.8. The Morgan fingerprint density at radius 1 is 0.312 bits per heavy atom. The minimum Gasteiger partial charge on any atom is -0.466 e. The zero-order chi connectivity index (χ0) is 34.7. The van der Waals surface area contributed by atoms with Gasteiger partial charge in [0.05, 0.1) is 178 Å². The van der Waals surface area contributed by atoms with Crippen LogP contribution in [0.5, 0.6) is 0 Å². The summed E-state index contributed by atoms with van der Waals surface area (Å²) in [6, 6.07) is 0. The molecule has 0 spiro atoms. The molecule has 0 unspecified atom stereocenters. The zero-order valence-corrected chi connectivity index (χ0v) is 29.8. The third-order valence-corrected chi connectivity index (χ3v) is 5.86. The Labute approximate surface area is 288 Å². The van der Waals surface area contributed by atoms with Gasteiger partial charge in [-0.1, -0.05) is 13.3 Å². The first-order valence-corrected chi connectivity index (χ1v) is 17.5. The number of esters is 1. The number of carbonyl (C=O) groups excluding carboxylic acids is 1. The van der Waals surface area contributed by atoms with Crippen LogP contribution in [-0.2, 0) is 71.1 Å². The van der Waals surface area contributed by atoms with Gasteiger partial charge in [0.25, 0.3) is 0 Å². The van der Waals surface area contributed by atoms with Crippen molar-refractivity contribution in [3.63, 3.8) is 0 Å². The molecule has 0 bridgehead atoms. The fourth-order valence-corrected chi connectivity index (χ4v) is 3.38. The minimum atomic E-state index is -0.251. The van der Waals surface area contributed by atoms with E-state index in [1.165, 1.54) is 0 Å². The maximum atomic E-state index is 11.2. The van der Waals surface area contributed by atoms with Crippen LogP contribution < -0.4 is 0 Å². The minimum absolute atomic E-state index is 0.251. The molecule has 288 valence electrons. The van der Waals surface area contributed by atoms with Gasteiger partial charge in [-0.05, 0) is 13.3 Å². The van der Waals surface area contributed by atoms with Crippen molar-refractivity contribution >= 4 is 5.97 Å². The Balaban J connectivity index is 3.06. The summed E-state index contributed by atoms with van der Waals surface area (Å²) in [6.45, 7) is 17.7. The maximum absolute atomic E-state index is 11.2. The molecule has 15 nitrogen and oxygen atoms in total. The second-order valence-electron chi connectivity index (χ2n) is 9.87. The summed E-state index contributed by atoms with van der Waals surface area (Å²) in [5.41, 5.74) is 0. The van der Waals surface area contributed by atoms with Crippen LogP contribution in [0.4, 0.5) is 0 Å². The van der Waals surface area contributed by atoms with Crippen molar-refractivity contribution < 1.29 is 71.1 Å². The molecule has 0 saturated carbocycles. The normalized spacial score (nSPS) is 11.5. The van der Waals surface area contributed by atoms with Gasteiger partial charge in [-0.3, -0.25) is 4.79 Å². The second-order valence-corrected chi connectivity index (χ2v) is 9.87. The van der Waals surface area contributed by atoms with E-state index in [1.807, 2.05) is 0 Å². The smallest absolute Gasteiger partial charge is 0.308 e. The quantitative estimate of drug-likeness (QED) is 0.0674. The van der Waals surface area contributed by atoms with Crippen molar-refractivity contribution in [2.45, 2.75) is 33.1 Å². The van der Waals surface area contributed by atoms with Crippen molar-refractivity contribution in [3.05, 3.63) is 0 Å². The van der Waals surface area contributed by atoms with E-state index in [0.29, 0.717) is 172 Å². The van der Waals surface area contributed by atoms with Crippen LogP contribution in [0.3, 0.4) is 0 Å². The molecule has 0 radical (unpaired) electrons. The number of ether oxygens (including phenoxy) is 14. The van der Waals surface area contributed by atoms with E-state index in [1.54, 1.807) is 6.92 Å².